The minimum Gasteiger partial charge on any atom is -0.508 e. The predicted molar refractivity (Wildman–Crippen MR) is 81.7 cm³/mol. The summed E-state index contributed by atoms with van der Waals surface area (Å²) < 4.78 is 5.85. The summed E-state index contributed by atoms with van der Waals surface area (Å²) in [6, 6.07) is 21.2. The second-order valence-corrected chi connectivity index (χ2v) is 4.64. The smallest absolute Gasteiger partial charge is 0.135 e. The van der Waals surface area contributed by atoms with E-state index in [1.165, 1.54) is 0 Å². The van der Waals surface area contributed by atoms with Crippen LogP contribution in [0.1, 0.15) is 0 Å². The third-order valence-electron chi connectivity index (χ3n) is 3.11. The molecule has 0 aliphatic heterocycles. The van der Waals surface area contributed by atoms with E-state index >= 15 is 0 Å². The van der Waals surface area contributed by atoms with Gasteiger partial charge in [0.1, 0.15) is 23.0 Å². The van der Waals surface area contributed by atoms with Crippen molar-refractivity contribution >= 4 is 0 Å². The maximum absolute atomic E-state index is 9.71. The van der Waals surface area contributed by atoms with Crippen molar-refractivity contribution in [3.8, 4) is 34.1 Å². The number of hydrogen-bond donors (Lipinski definition) is 2. The Kier molecular flexibility index (Phi) is 3.48. The van der Waals surface area contributed by atoms with E-state index in [1.54, 1.807) is 42.5 Å². The van der Waals surface area contributed by atoms with Crippen LogP contribution in [0.5, 0.6) is 23.0 Å². The molecule has 21 heavy (non-hydrogen) atoms. The van der Waals surface area contributed by atoms with E-state index in [-0.39, 0.29) is 11.5 Å². The molecule has 0 aliphatic carbocycles. The molecule has 0 saturated carbocycles. The van der Waals surface area contributed by atoms with Crippen molar-refractivity contribution in [3.05, 3.63) is 72.8 Å². The van der Waals surface area contributed by atoms with E-state index in [0.29, 0.717) is 11.5 Å². The maximum Gasteiger partial charge on any atom is 0.135 e. The first kappa shape index (κ1) is 13.1. The minimum absolute atomic E-state index is 0.187. The number of benzene rings is 3. The summed E-state index contributed by atoms with van der Waals surface area (Å²) in [5.41, 5.74) is 1.77. The van der Waals surface area contributed by atoms with Gasteiger partial charge in [-0.15, -0.1) is 0 Å². The molecular weight excluding hydrogens is 264 g/mol. The molecule has 3 aromatic rings. The number of rotatable bonds is 3. The average molecular weight is 278 g/mol. The lowest BCUT2D eigenvalue weighted by molar-refractivity contribution is 0.460. The summed E-state index contributed by atoms with van der Waals surface area (Å²) in [7, 11) is 0. The van der Waals surface area contributed by atoms with Crippen LogP contribution in [0.25, 0.3) is 11.1 Å². The highest BCUT2D eigenvalue weighted by molar-refractivity contribution is 5.72. The van der Waals surface area contributed by atoms with Crippen molar-refractivity contribution in [2.45, 2.75) is 0 Å². The van der Waals surface area contributed by atoms with Crippen molar-refractivity contribution in [2.24, 2.45) is 0 Å². The summed E-state index contributed by atoms with van der Waals surface area (Å²) in [4.78, 5) is 0. The first-order valence-electron chi connectivity index (χ1n) is 6.58. The van der Waals surface area contributed by atoms with Gasteiger partial charge in [0, 0.05) is 5.56 Å². The van der Waals surface area contributed by atoms with Gasteiger partial charge in [0.25, 0.3) is 0 Å². The second-order valence-electron chi connectivity index (χ2n) is 4.64. The topological polar surface area (TPSA) is 49.7 Å². The van der Waals surface area contributed by atoms with Crippen molar-refractivity contribution in [1.82, 2.24) is 0 Å². The molecular formula is C18H14O3. The van der Waals surface area contributed by atoms with E-state index in [2.05, 4.69) is 0 Å². The molecule has 104 valence electrons. The van der Waals surface area contributed by atoms with E-state index < -0.39 is 0 Å². The molecule has 0 saturated heterocycles. The molecule has 0 unspecified atom stereocenters. The third-order valence-corrected chi connectivity index (χ3v) is 3.11. The lowest BCUT2D eigenvalue weighted by Gasteiger charge is -2.12. The zero-order valence-corrected chi connectivity index (χ0v) is 11.2. The summed E-state index contributed by atoms with van der Waals surface area (Å²) in [5, 5.41) is 19.0. The highest BCUT2D eigenvalue weighted by atomic mass is 16.5. The Morgan fingerprint density at radius 1 is 0.667 bits per heavy atom. The lowest BCUT2D eigenvalue weighted by atomic mass is 10.0. The monoisotopic (exact) mass is 278 g/mol. The van der Waals surface area contributed by atoms with Gasteiger partial charge in [0.15, 0.2) is 0 Å². The van der Waals surface area contributed by atoms with Crippen molar-refractivity contribution < 1.29 is 14.9 Å². The molecule has 0 heterocycles. The molecule has 0 atom stereocenters. The van der Waals surface area contributed by atoms with Crippen molar-refractivity contribution in [1.29, 1.82) is 0 Å². The fourth-order valence-electron chi connectivity index (χ4n) is 2.09. The quantitative estimate of drug-likeness (QED) is 0.738. The van der Waals surface area contributed by atoms with Crippen LogP contribution in [0.4, 0.5) is 0 Å². The van der Waals surface area contributed by atoms with Crippen LogP contribution >= 0.6 is 0 Å². The Hall–Kier alpha value is -2.94. The summed E-state index contributed by atoms with van der Waals surface area (Å²) in [5.74, 6) is 1.64. The molecule has 0 radical (unpaired) electrons. The fourth-order valence-corrected chi connectivity index (χ4v) is 2.09. The zero-order chi connectivity index (χ0) is 14.7. The highest BCUT2D eigenvalue weighted by Gasteiger charge is 2.08. The van der Waals surface area contributed by atoms with Gasteiger partial charge in [-0.25, -0.2) is 0 Å². The summed E-state index contributed by atoms with van der Waals surface area (Å²) >= 11 is 0. The third kappa shape index (κ3) is 2.98. The zero-order valence-electron chi connectivity index (χ0n) is 11.2. The molecule has 3 rings (SSSR count). The van der Waals surface area contributed by atoms with Crippen LogP contribution in [0.2, 0.25) is 0 Å². The van der Waals surface area contributed by atoms with Gasteiger partial charge in [-0.3, -0.25) is 0 Å². The fraction of sp³-hybridized carbons (Fsp3) is 0. The minimum atomic E-state index is 0.187. The standard InChI is InChI=1S/C18H14O3/c19-14-6-9-16(10-7-14)21-18-11-8-15(20)12-17(18)13-4-2-1-3-5-13/h1-12,19-20H. The van der Waals surface area contributed by atoms with Gasteiger partial charge >= 0.3 is 0 Å². The Labute approximate surface area is 122 Å². The van der Waals surface area contributed by atoms with Crippen LogP contribution in [0.3, 0.4) is 0 Å². The van der Waals surface area contributed by atoms with E-state index in [9.17, 15) is 10.2 Å². The highest BCUT2D eigenvalue weighted by Crippen LogP contribution is 2.36. The second kappa shape index (κ2) is 5.59. The van der Waals surface area contributed by atoms with Crippen molar-refractivity contribution in [2.75, 3.05) is 0 Å². The van der Waals surface area contributed by atoms with Crippen molar-refractivity contribution in [3.63, 3.8) is 0 Å². The maximum atomic E-state index is 9.71. The molecule has 0 bridgehead atoms. The van der Waals surface area contributed by atoms with Gasteiger partial charge in [0.2, 0.25) is 0 Å². The van der Waals surface area contributed by atoms with Crippen LogP contribution in [-0.2, 0) is 0 Å². The molecule has 3 heteroatoms. The predicted octanol–water partition coefficient (Wildman–Crippen LogP) is 4.56. The molecule has 2 N–H and O–H groups in total. The van der Waals surface area contributed by atoms with Gasteiger partial charge in [0.05, 0.1) is 0 Å². The first-order chi connectivity index (χ1) is 10.2. The molecule has 0 spiro atoms. The molecule has 0 aromatic heterocycles. The van der Waals surface area contributed by atoms with Gasteiger partial charge in [-0.1, -0.05) is 30.3 Å². The average Bonchev–Trinajstić information content (AvgIpc) is 2.52. The number of phenols is 2. The Balaban J connectivity index is 2.00. The first-order valence-corrected chi connectivity index (χ1v) is 6.58. The lowest BCUT2D eigenvalue weighted by Crippen LogP contribution is -1.88. The molecule has 0 aliphatic rings. The van der Waals surface area contributed by atoms with Gasteiger partial charge in [-0.05, 0) is 48.0 Å². The molecule has 0 amide bonds. The molecule has 3 aromatic carbocycles. The van der Waals surface area contributed by atoms with Gasteiger partial charge in [-0.2, -0.15) is 0 Å². The SMILES string of the molecule is Oc1ccc(Oc2ccc(O)cc2-c2ccccc2)cc1. The van der Waals surface area contributed by atoms with Crippen LogP contribution in [-0.4, -0.2) is 10.2 Å². The number of hydrogen-bond acceptors (Lipinski definition) is 3. The van der Waals surface area contributed by atoms with Crippen LogP contribution in [0.15, 0.2) is 72.8 Å². The Bertz CT molecular complexity index is 734. The number of phenolic OH excluding ortho intramolecular Hbond substituents is 2. The van der Waals surface area contributed by atoms with Crippen LogP contribution in [0, 0.1) is 0 Å². The van der Waals surface area contributed by atoms with E-state index in [4.69, 9.17) is 4.74 Å². The Morgan fingerprint density at radius 2 is 1.33 bits per heavy atom. The van der Waals surface area contributed by atoms with Gasteiger partial charge < -0.3 is 14.9 Å². The van der Waals surface area contributed by atoms with Crippen LogP contribution < -0.4 is 4.74 Å². The number of ether oxygens (including phenoxy) is 1. The summed E-state index contributed by atoms with van der Waals surface area (Å²) in [6.45, 7) is 0. The Morgan fingerprint density at radius 3 is 2.05 bits per heavy atom. The number of aromatic hydroxyl groups is 2. The normalized spacial score (nSPS) is 10.3. The summed E-state index contributed by atoms with van der Waals surface area (Å²) in [6.07, 6.45) is 0. The molecule has 3 nitrogen and oxygen atoms in total. The largest absolute Gasteiger partial charge is 0.508 e. The van der Waals surface area contributed by atoms with E-state index in [0.717, 1.165) is 11.1 Å². The molecule has 0 fully saturated rings. The van der Waals surface area contributed by atoms with E-state index in [1.807, 2.05) is 30.3 Å².